The van der Waals surface area contributed by atoms with Crippen molar-refractivity contribution in [3.05, 3.63) is 53.6 Å². The Kier molecular flexibility index (Phi) is 6.06. The van der Waals surface area contributed by atoms with Crippen LogP contribution in [0.25, 0.3) is 0 Å². The molecule has 9 heteroatoms. The largest absolute Gasteiger partial charge is 0.479 e. The summed E-state index contributed by atoms with van der Waals surface area (Å²) in [6, 6.07) is 12.1. The fourth-order valence-corrected chi connectivity index (χ4v) is 2.93. The smallest absolute Gasteiger partial charge is 0.425 e. The summed E-state index contributed by atoms with van der Waals surface area (Å²) in [4.78, 5) is 35.4. The third-order valence-corrected chi connectivity index (χ3v) is 4.45. The van der Waals surface area contributed by atoms with Crippen LogP contribution in [-0.4, -0.2) is 40.8 Å². The van der Waals surface area contributed by atoms with E-state index >= 15 is 0 Å². The lowest BCUT2D eigenvalue weighted by Crippen LogP contribution is -2.66. The van der Waals surface area contributed by atoms with Gasteiger partial charge in [0.2, 0.25) is 11.6 Å². The van der Waals surface area contributed by atoms with Crippen molar-refractivity contribution >= 4 is 41.0 Å². The number of ketones is 2. The minimum atomic E-state index is -1.24. The van der Waals surface area contributed by atoms with Crippen LogP contribution in [0.1, 0.15) is 6.92 Å². The molecule has 2 aromatic carbocycles. The molecule has 3 rings (SSSR count). The van der Waals surface area contributed by atoms with Crippen molar-refractivity contribution in [3.63, 3.8) is 0 Å². The van der Waals surface area contributed by atoms with Crippen LogP contribution in [0.4, 0.5) is 4.79 Å². The van der Waals surface area contributed by atoms with Gasteiger partial charge in [0.1, 0.15) is 17.2 Å². The summed E-state index contributed by atoms with van der Waals surface area (Å²) in [5.74, 6) is -0.183. The van der Waals surface area contributed by atoms with Crippen LogP contribution in [0.15, 0.2) is 48.5 Å². The number of benzene rings is 2. The van der Waals surface area contributed by atoms with E-state index in [1.165, 1.54) is 0 Å². The lowest BCUT2D eigenvalue weighted by Gasteiger charge is -2.36. The number of hydrogen-bond acceptors (Lipinski definition) is 6. The average Bonchev–Trinajstić information content (AvgIpc) is 2.68. The number of halogens is 2. The summed E-state index contributed by atoms with van der Waals surface area (Å²) >= 11 is 11.8. The van der Waals surface area contributed by atoms with Crippen molar-refractivity contribution in [1.29, 1.82) is 0 Å². The van der Waals surface area contributed by atoms with Gasteiger partial charge >= 0.3 is 6.09 Å². The van der Waals surface area contributed by atoms with Gasteiger partial charge in [-0.15, -0.1) is 0 Å². The minimum absolute atomic E-state index is 0.0799. The van der Waals surface area contributed by atoms with Crippen molar-refractivity contribution in [2.45, 2.75) is 19.1 Å². The third-order valence-electron chi connectivity index (χ3n) is 3.86. The maximum atomic E-state index is 11.9. The van der Waals surface area contributed by atoms with Gasteiger partial charge < -0.3 is 14.2 Å². The second-order valence-electron chi connectivity index (χ2n) is 5.75. The molecule has 7 nitrogen and oxygen atoms in total. The van der Waals surface area contributed by atoms with E-state index in [2.05, 4.69) is 0 Å². The van der Waals surface area contributed by atoms with Crippen LogP contribution in [0.3, 0.4) is 0 Å². The van der Waals surface area contributed by atoms with Gasteiger partial charge in [-0.3, -0.25) is 9.59 Å². The molecule has 0 aromatic heterocycles. The molecule has 146 valence electrons. The molecule has 2 unspecified atom stereocenters. The van der Waals surface area contributed by atoms with Crippen LogP contribution in [0.5, 0.6) is 17.2 Å². The Morgan fingerprint density at radius 3 is 2.36 bits per heavy atom. The summed E-state index contributed by atoms with van der Waals surface area (Å²) in [6.07, 6.45) is -2.12. The molecular formula is C19H15Cl2NO6. The number of carbonyl (C=O) groups excluding carboxylic acids is 3. The molecule has 0 saturated heterocycles. The highest BCUT2D eigenvalue weighted by atomic mass is 35.5. The van der Waals surface area contributed by atoms with E-state index < -0.39 is 29.8 Å². The van der Waals surface area contributed by atoms with Crippen molar-refractivity contribution in [1.82, 2.24) is 4.42 Å². The van der Waals surface area contributed by atoms with E-state index in [1.54, 1.807) is 55.5 Å². The number of amides is 1. The fourth-order valence-electron chi connectivity index (χ4n) is 2.51. The maximum absolute atomic E-state index is 11.9. The Labute approximate surface area is 170 Å². The molecule has 28 heavy (non-hydrogen) atoms. The second-order valence-corrected chi connectivity index (χ2v) is 6.55. The van der Waals surface area contributed by atoms with E-state index in [1.807, 2.05) is 0 Å². The summed E-state index contributed by atoms with van der Waals surface area (Å²) in [7, 11) is 0. The molecule has 0 spiro atoms. The Hall–Kier alpha value is -2.77. The first-order valence-corrected chi connectivity index (χ1v) is 9.02. The van der Waals surface area contributed by atoms with Crippen molar-refractivity contribution in [2.24, 2.45) is 0 Å². The number of ether oxygens (including phenoxy) is 3. The zero-order valence-electron chi connectivity index (χ0n) is 14.6. The number of rotatable bonds is 6. The van der Waals surface area contributed by atoms with Crippen molar-refractivity contribution in [2.75, 3.05) is 6.61 Å². The minimum Gasteiger partial charge on any atom is -0.479 e. The highest BCUT2D eigenvalue weighted by Gasteiger charge is 2.56. The number of nitrogens with zero attached hydrogens (tertiary/aromatic N) is 1. The molecule has 1 aliphatic rings. The molecule has 1 fully saturated rings. The molecule has 0 aliphatic heterocycles. The molecule has 1 amide bonds. The van der Waals surface area contributed by atoms with E-state index in [0.29, 0.717) is 26.7 Å². The van der Waals surface area contributed by atoms with Gasteiger partial charge in [-0.05, 0) is 49.4 Å². The SMILES string of the molecule is CCOC(=O)N(Cl)C1C(=O)C(=O)C1Oc1ccc(Oc2cccc(Cl)c2)cc1. The molecule has 2 atom stereocenters. The van der Waals surface area contributed by atoms with Crippen LogP contribution in [0, 0.1) is 0 Å². The van der Waals surface area contributed by atoms with E-state index in [9.17, 15) is 14.4 Å². The van der Waals surface area contributed by atoms with Gasteiger partial charge in [0, 0.05) is 16.8 Å². The predicted molar refractivity (Wildman–Crippen MR) is 101 cm³/mol. The topological polar surface area (TPSA) is 82.1 Å². The standard InChI is InChI=1S/C19H15Cl2NO6/c1-2-26-19(25)22(21)15-16(23)17(24)18(15)28-13-8-6-12(7-9-13)27-14-5-3-4-11(20)10-14/h3-10,15,18H,2H2,1H3. The average molecular weight is 424 g/mol. The van der Waals surface area contributed by atoms with E-state index in [4.69, 9.17) is 37.6 Å². The second kappa shape index (κ2) is 8.50. The van der Waals surface area contributed by atoms with Gasteiger partial charge in [0.15, 0.2) is 12.1 Å². The molecule has 0 heterocycles. The normalized spacial score (nSPS) is 18.2. The van der Waals surface area contributed by atoms with Crippen molar-refractivity contribution in [3.8, 4) is 17.2 Å². The zero-order valence-corrected chi connectivity index (χ0v) is 16.1. The van der Waals surface area contributed by atoms with Crippen LogP contribution >= 0.6 is 23.4 Å². The maximum Gasteiger partial charge on any atom is 0.425 e. The molecule has 0 N–H and O–H groups in total. The third kappa shape index (κ3) is 4.21. The Balaban J connectivity index is 1.66. The number of hydrogen-bond donors (Lipinski definition) is 0. The van der Waals surface area contributed by atoms with Gasteiger partial charge in [-0.2, -0.15) is 0 Å². The van der Waals surface area contributed by atoms with Gasteiger partial charge in [-0.1, -0.05) is 17.7 Å². The van der Waals surface area contributed by atoms with Crippen LogP contribution in [0.2, 0.25) is 5.02 Å². The number of carbonyl (C=O) groups is 3. The molecule has 2 aromatic rings. The van der Waals surface area contributed by atoms with Gasteiger partial charge in [0.05, 0.1) is 6.61 Å². The fraction of sp³-hybridized carbons (Fsp3) is 0.211. The lowest BCUT2D eigenvalue weighted by molar-refractivity contribution is -0.155. The molecule has 0 bridgehead atoms. The van der Waals surface area contributed by atoms with Crippen LogP contribution < -0.4 is 9.47 Å². The molecule has 0 radical (unpaired) electrons. The predicted octanol–water partition coefficient (Wildman–Crippen LogP) is 4.01. The summed E-state index contributed by atoms with van der Waals surface area (Å²) in [5.41, 5.74) is 0. The Morgan fingerprint density at radius 1 is 1.04 bits per heavy atom. The van der Waals surface area contributed by atoms with E-state index in [0.717, 1.165) is 0 Å². The van der Waals surface area contributed by atoms with Gasteiger partial charge in [-0.25, -0.2) is 9.21 Å². The summed E-state index contributed by atoms with van der Waals surface area (Å²) in [5, 5.41) is 0.545. The first-order valence-electron chi connectivity index (χ1n) is 8.30. The quantitative estimate of drug-likeness (QED) is 0.515. The highest BCUT2D eigenvalue weighted by molar-refractivity contribution is 6.50. The first-order chi connectivity index (χ1) is 13.4. The Bertz CT molecular complexity index is 902. The zero-order chi connectivity index (χ0) is 20.3. The van der Waals surface area contributed by atoms with E-state index in [-0.39, 0.29) is 6.61 Å². The molecule has 1 aliphatic carbocycles. The highest BCUT2D eigenvalue weighted by Crippen LogP contribution is 2.29. The number of Topliss-reactive ketones (excluding diaryl/α,β-unsaturated/α-hetero) is 2. The monoisotopic (exact) mass is 423 g/mol. The first kappa shape index (κ1) is 20.0. The van der Waals surface area contributed by atoms with Crippen molar-refractivity contribution < 1.29 is 28.6 Å². The summed E-state index contributed by atoms with van der Waals surface area (Å²) in [6.45, 7) is 1.67. The summed E-state index contributed by atoms with van der Waals surface area (Å²) < 4.78 is 16.5. The van der Waals surface area contributed by atoms with Crippen LogP contribution in [-0.2, 0) is 14.3 Å². The lowest BCUT2D eigenvalue weighted by atomic mass is 9.85. The van der Waals surface area contributed by atoms with Gasteiger partial charge in [0.25, 0.3) is 0 Å². The Morgan fingerprint density at radius 2 is 1.71 bits per heavy atom. The molecular weight excluding hydrogens is 409 g/mol. The molecule has 1 saturated carbocycles.